The molecule has 3 N–H and O–H groups in total. The molecule has 0 aliphatic carbocycles. The molecule has 2 rings (SSSR count). The Morgan fingerprint density at radius 1 is 1.63 bits per heavy atom. The number of carbonyl (C=O) groups is 2. The summed E-state index contributed by atoms with van der Waals surface area (Å²) in [7, 11) is 1.53. The lowest BCUT2D eigenvalue weighted by molar-refractivity contribution is -0.119. The molecule has 1 aromatic rings. The van der Waals surface area contributed by atoms with E-state index < -0.39 is 11.7 Å². The van der Waals surface area contributed by atoms with E-state index in [0.717, 1.165) is 0 Å². The highest BCUT2D eigenvalue weighted by Gasteiger charge is 2.22. The van der Waals surface area contributed by atoms with Crippen molar-refractivity contribution in [3.8, 4) is 0 Å². The number of hydrogen-bond donors (Lipinski definition) is 3. The number of anilines is 1. The first-order valence-electron chi connectivity index (χ1n) is 6.01. The highest BCUT2D eigenvalue weighted by molar-refractivity contribution is 5.95. The molecule has 0 aromatic carbocycles. The number of nitrogens with zero attached hydrogens (tertiary/aromatic N) is 1. The maximum absolute atomic E-state index is 13.8. The molecule has 0 radical (unpaired) electrons. The van der Waals surface area contributed by atoms with Crippen molar-refractivity contribution < 1.29 is 14.0 Å². The molecule has 6 nitrogen and oxygen atoms in total. The second kappa shape index (κ2) is 5.64. The number of rotatable bonds is 4. The zero-order valence-corrected chi connectivity index (χ0v) is 10.5. The average molecular weight is 266 g/mol. The lowest BCUT2D eigenvalue weighted by Crippen LogP contribution is -2.38. The van der Waals surface area contributed by atoms with Crippen LogP contribution in [0.4, 0.5) is 10.2 Å². The molecule has 1 aromatic heterocycles. The van der Waals surface area contributed by atoms with Gasteiger partial charge in [-0.1, -0.05) is 0 Å². The Balaban J connectivity index is 1.98. The fourth-order valence-electron chi connectivity index (χ4n) is 1.93. The molecular weight excluding hydrogens is 251 g/mol. The zero-order valence-electron chi connectivity index (χ0n) is 10.5. The molecule has 1 unspecified atom stereocenters. The Labute approximate surface area is 109 Å². The summed E-state index contributed by atoms with van der Waals surface area (Å²) in [5.41, 5.74) is -0.0660. The van der Waals surface area contributed by atoms with Gasteiger partial charge in [-0.05, 0) is 12.5 Å². The van der Waals surface area contributed by atoms with E-state index in [1.54, 1.807) is 0 Å². The van der Waals surface area contributed by atoms with Crippen molar-refractivity contribution in [3.05, 3.63) is 23.6 Å². The van der Waals surface area contributed by atoms with E-state index >= 15 is 0 Å². The summed E-state index contributed by atoms with van der Waals surface area (Å²) < 4.78 is 13.8. The smallest absolute Gasteiger partial charge is 0.254 e. The van der Waals surface area contributed by atoms with E-state index in [2.05, 4.69) is 20.9 Å². The van der Waals surface area contributed by atoms with Gasteiger partial charge in [0.15, 0.2) is 11.6 Å². The Morgan fingerprint density at radius 3 is 3.05 bits per heavy atom. The van der Waals surface area contributed by atoms with Crippen molar-refractivity contribution in [2.24, 2.45) is 0 Å². The topological polar surface area (TPSA) is 83.1 Å². The highest BCUT2D eigenvalue weighted by Crippen LogP contribution is 2.14. The van der Waals surface area contributed by atoms with Crippen LogP contribution in [-0.2, 0) is 4.79 Å². The first kappa shape index (κ1) is 13.3. The van der Waals surface area contributed by atoms with E-state index in [1.807, 2.05) is 0 Å². The minimum absolute atomic E-state index is 0.0215. The summed E-state index contributed by atoms with van der Waals surface area (Å²) in [6.45, 7) is 0.293. The van der Waals surface area contributed by atoms with Crippen molar-refractivity contribution in [2.75, 3.05) is 18.9 Å². The van der Waals surface area contributed by atoms with Crippen molar-refractivity contribution >= 4 is 17.6 Å². The van der Waals surface area contributed by atoms with Gasteiger partial charge >= 0.3 is 0 Å². The van der Waals surface area contributed by atoms with Crippen LogP contribution in [0.1, 0.15) is 23.2 Å². The molecular formula is C12H15FN4O2. The molecule has 1 atom stereocenters. The first-order chi connectivity index (χ1) is 9.11. The summed E-state index contributed by atoms with van der Waals surface area (Å²) >= 11 is 0. The Kier molecular flexibility index (Phi) is 3.94. The third-order valence-corrected chi connectivity index (χ3v) is 2.96. The Hall–Kier alpha value is -2.18. The second-order valence-corrected chi connectivity index (χ2v) is 4.28. The van der Waals surface area contributed by atoms with Gasteiger partial charge in [0.1, 0.15) is 0 Å². The summed E-state index contributed by atoms with van der Waals surface area (Å²) in [5, 5.41) is 7.90. The SMILES string of the molecule is CNc1nccc(C(=O)NCC2CCC(=O)N2)c1F. The van der Waals surface area contributed by atoms with Gasteiger partial charge in [-0.3, -0.25) is 9.59 Å². The normalized spacial score (nSPS) is 18.0. The molecule has 19 heavy (non-hydrogen) atoms. The van der Waals surface area contributed by atoms with Crippen LogP contribution in [0.5, 0.6) is 0 Å². The second-order valence-electron chi connectivity index (χ2n) is 4.28. The van der Waals surface area contributed by atoms with Crippen LogP contribution in [0, 0.1) is 5.82 Å². The van der Waals surface area contributed by atoms with Crippen LogP contribution in [-0.4, -0.2) is 36.4 Å². The van der Waals surface area contributed by atoms with Gasteiger partial charge in [-0.2, -0.15) is 0 Å². The molecule has 0 saturated carbocycles. The van der Waals surface area contributed by atoms with Gasteiger partial charge in [0.25, 0.3) is 5.91 Å². The predicted molar refractivity (Wildman–Crippen MR) is 67.2 cm³/mol. The number of halogens is 1. The maximum Gasteiger partial charge on any atom is 0.254 e. The number of hydrogen-bond acceptors (Lipinski definition) is 4. The largest absolute Gasteiger partial charge is 0.371 e. The molecule has 0 bridgehead atoms. The van der Waals surface area contributed by atoms with E-state index in [-0.39, 0.29) is 23.3 Å². The van der Waals surface area contributed by atoms with Crippen molar-refractivity contribution in [1.82, 2.24) is 15.6 Å². The van der Waals surface area contributed by atoms with Crippen LogP contribution in [0.15, 0.2) is 12.3 Å². The van der Waals surface area contributed by atoms with Crippen LogP contribution >= 0.6 is 0 Å². The number of aromatic nitrogens is 1. The third-order valence-electron chi connectivity index (χ3n) is 2.96. The van der Waals surface area contributed by atoms with Gasteiger partial charge in [-0.25, -0.2) is 9.37 Å². The monoisotopic (exact) mass is 266 g/mol. The molecule has 7 heteroatoms. The van der Waals surface area contributed by atoms with Crippen LogP contribution in [0.25, 0.3) is 0 Å². The van der Waals surface area contributed by atoms with Gasteiger partial charge in [0.05, 0.1) is 5.56 Å². The fourth-order valence-corrected chi connectivity index (χ4v) is 1.93. The molecule has 1 fully saturated rings. The standard InChI is InChI=1S/C12H15FN4O2/c1-14-11-10(13)8(4-5-15-11)12(19)16-6-7-2-3-9(18)17-7/h4-5,7H,2-3,6H2,1H3,(H,14,15)(H,16,19)(H,17,18). The van der Waals surface area contributed by atoms with Crippen LogP contribution < -0.4 is 16.0 Å². The predicted octanol–water partition coefficient (Wildman–Crippen LogP) is 0.271. The van der Waals surface area contributed by atoms with Gasteiger partial charge < -0.3 is 16.0 Å². The Morgan fingerprint density at radius 2 is 2.42 bits per heavy atom. The number of carbonyl (C=O) groups excluding carboxylic acids is 2. The van der Waals surface area contributed by atoms with Crippen molar-refractivity contribution in [3.63, 3.8) is 0 Å². The number of amides is 2. The average Bonchev–Trinajstić information content (AvgIpc) is 2.82. The maximum atomic E-state index is 13.8. The highest BCUT2D eigenvalue weighted by atomic mass is 19.1. The molecule has 1 aliphatic rings. The first-order valence-corrected chi connectivity index (χ1v) is 6.01. The summed E-state index contributed by atoms with van der Waals surface area (Å²) in [6.07, 6.45) is 2.51. The number of pyridine rings is 1. The summed E-state index contributed by atoms with van der Waals surface area (Å²) in [4.78, 5) is 26.6. The lowest BCUT2D eigenvalue weighted by Gasteiger charge is -2.12. The minimum atomic E-state index is -0.682. The minimum Gasteiger partial charge on any atom is -0.371 e. The molecule has 1 saturated heterocycles. The van der Waals surface area contributed by atoms with E-state index in [4.69, 9.17) is 0 Å². The van der Waals surface area contributed by atoms with E-state index in [1.165, 1.54) is 19.3 Å². The van der Waals surface area contributed by atoms with Gasteiger partial charge in [0, 0.05) is 32.3 Å². The zero-order chi connectivity index (χ0) is 13.8. The van der Waals surface area contributed by atoms with Crippen molar-refractivity contribution in [1.29, 1.82) is 0 Å². The summed E-state index contributed by atoms with van der Waals surface area (Å²) in [5.74, 6) is -1.19. The molecule has 102 valence electrons. The number of nitrogens with one attached hydrogen (secondary N) is 3. The Bertz CT molecular complexity index is 507. The van der Waals surface area contributed by atoms with Gasteiger partial charge in [0.2, 0.25) is 5.91 Å². The molecule has 1 aliphatic heterocycles. The van der Waals surface area contributed by atoms with Crippen LogP contribution in [0.3, 0.4) is 0 Å². The third kappa shape index (κ3) is 2.98. The fraction of sp³-hybridized carbons (Fsp3) is 0.417. The van der Waals surface area contributed by atoms with Gasteiger partial charge in [-0.15, -0.1) is 0 Å². The summed E-state index contributed by atoms with van der Waals surface area (Å²) in [6, 6.07) is 1.24. The molecule has 0 spiro atoms. The van der Waals surface area contributed by atoms with Crippen LogP contribution in [0.2, 0.25) is 0 Å². The van der Waals surface area contributed by atoms with Crippen molar-refractivity contribution in [2.45, 2.75) is 18.9 Å². The van der Waals surface area contributed by atoms with E-state index in [0.29, 0.717) is 19.4 Å². The van der Waals surface area contributed by atoms with E-state index in [9.17, 15) is 14.0 Å². The molecule has 2 heterocycles. The lowest BCUT2D eigenvalue weighted by atomic mass is 10.2. The molecule has 2 amide bonds. The quantitative estimate of drug-likeness (QED) is 0.730.